The van der Waals surface area contributed by atoms with Crippen molar-refractivity contribution in [3.63, 3.8) is 0 Å². The van der Waals surface area contributed by atoms with Crippen LogP contribution in [0.2, 0.25) is 0 Å². The van der Waals surface area contributed by atoms with Crippen LogP contribution < -0.4 is 14.8 Å². The van der Waals surface area contributed by atoms with Crippen molar-refractivity contribution in [2.24, 2.45) is 0 Å². The number of rotatable bonds is 3. The smallest absolute Gasteiger partial charge is 0.341 e. The van der Waals surface area contributed by atoms with Crippen molar-refractivity contribution in [1.82, 2.24) is 9.88 Å². The molecule has 0 saturated carbocycles. The molecule has 7 nitrogen and oxygen atoms in total. The third kappa shape index (κ3) is 2.82. The lowest BCUT2D eigenvalue weighted by Crippen LogP contribution is -2.26. The van der Waals surface area contributed by atoms with E-state index in [1.54, 1.807) is 11.3 Å². The number of thiophene rings is 1. The number of aromatic nitrogens is 1. The second-order valence-electron chi connectivity index (χ2n) is 6.50. The number of ether oxygens (including phenoxy) is 3. The molecule has 1 aromatic carbocycles. The van der Waals surface area contributed by atoms with E-state index in [2.05, 4.69) is 22.2 Å². The summed E-state index contributed by atoms with van der Waals surface area (Å²) in [6, 6.07) is 3.82. The molecule has 3 aromatic rings. The predicted octanol–water partition coefficient (Wildman–Crippen LogP) is 3.60. The normalized spacial score (nSPS) is 15.8. The fraction of sp³-hybridized carbons (Fsp3) is 0.333. The Morgan fingerprint density at radius 2 is 2.11 bits per heavy atom. The van der Waals surface area contributed by atoms with Gasteiger partial charge in [-0.1, -0.05) is 11.3 Å². The topological polar surface area (TPSA) is 72.9 Å². The quantitative estimate of drug-likeness (QED) is 0.670. The molecule has 5 rings (SSSR count). The van der Waals surface area contributed by atoms with Crippen LogP contribution in [0.1, 0.15) is 20.8 Å². The first-order chi connectivity index (χ1) is 13.1. The van der Waals surface area contributed by atoms with Crippen LogP contribution in [0.25, 0.3) is 10.2 Å². The Balaban J connectivity index is 1.53. The van der Waals surface area contributed by atoms with Gasteiger partial charge in [0.05, 0.1) is 22.9 Å². The molecular formula is C18H17N3O4S2. The molecule has 27 heavy (non-hydrogen) atoms. The number of thiazole rings is 1. The number of carbonyl (C=O) groups excluding carboxylic acids is 1. The lowest BCUT2D eigenvalue weighted by molar-refractivity contribution is 0.0600. The molecule has 0 bridgehead atoms. The van der Waals surface area contributed by atoms with E-state index in [1.807, 2.05) is 12.1 Å². The average molecular weight is 403 g/mol. The van der Waals surface area contributed by atoms with Crippen LogP contribution in [0.5, 0.6) is 11.5 Å². The lowest BCUT2D eigenvalue weighted by atomic mass is 10.0. The van der Waals surface area contributed by atoms with Gasteiger partial charge in [0.2, 0.25) is 6.79 Å². The molecule has 2 aromatic heterocycles. The minimum atomic E-state index is -0.304. The highest BCUT2D eigenvalue weighted by atomic mass is 32.1. The highest BCUT2D eigenvalue weighted by Gasteiger charge is 2.28. The zero-order chi connectivity index (χ0) is 18.5. The number of hydrogen-bond acceptors (Lipinski definition) is 9. The van der Waals surface area contributed by atoms with Gasteiger partial charge >= 0.3 is 5.97 Å². The van der Waals surface area contributed by atoms with E-state index in [-0.39, 0.29) is 12.8 Å². The number of fused-ring (bicyclic) bond motifs is 3. The maximum Gasteiger partial charge on any atom is 0.341 e. The van der Waals surface area contributed by atoms with Crippen molar-refractivity contribution in [2.75, 3.05) is 32.8 Å². The first kappa shape index (κ1) is 16.8. The van der Waals surface area contributed by atoms with Gasteiger partial charge in [-0.2, -0.15) is 0 Å². The molecule has 9 heteroatoms. The number of methoxy groups -OCH3 is 1. The zero-order valence-electron chi connectivity index (χ0n) is 14.8. The van der Waals surface area contributed by atoms with Crippen molar-refractivity contribution in [2.45, 2.75) is 13.0 Å². The van der Waals surface area contributed by atoms with Crippen molar-refractivity contribution in [3.8, 4) is 11.5 Å². The Labute approximate surface area is 163 Å². The summed E-state index contributed by atoms with van der Waals surface area (Å²) in [5.41, 5.74) is 2.57. The number of nitrogens with zero attached hydrogens (tertiary/aromatic N) is 2. The Morgan fingerprint density at radius 1 is 1.30 bits per heavy atom. The maximum atomic E-state index is 12.4. The van der Waals surface area contributed by atoms with Gasteiger partial charge in [0.15, 0.2) is 16.6 Å². The summed E-state index contributed by atoms with van der Waals surface area (Å²) in [5.74, 6) is 1.15. The van der Waals surface area contributed by atoms with Crippen LogP contribution in [-0.4, -0.2) is 43.3 Å². The molecule has 4 heterocycles. The molecular weight excluding hydrogens is 386 g/mol. The van der Waals surface area contributed by atoms with Crippen LogP contribution in [0, 0.1) is 0 Å². The minimum Gasteiger partial charge on any atom is -0.465 e. The molecule has 2 aliphatic heterocycles. The molecule has 0 atom stereocenters. The fourth-order valence-electron chi connectivity index (χ4n) is 3.41. The van der Waals surface area contributed by atoms with Crippen molar-refractivity contribution in [1.29, 1.82) is 0 Å². The molecule has 0 aliphatic carbocycles. The number of nitrogens with one attached hydrogen (secondary N) is 1. The predicted molar refractivity (Wildman–Crippen MR) is 105 cm³/mol. The maximum absolute atomic E-state index is 12.4. The van der Waals surface area contributed by atoms with E-state index in [9.17, 15) is 4.79 Å². The van der Waals surface area contributed by atoms with E-state index in [0.717, 1.165) is 51.2 Å². The fourth-order valence-corrected chi connectivity index (χ4v) is 5.67. The summed E-state index contributed by atoms with van der Waals surface area (Å²) in [6.07, 6.45) is 0.843. The van der Waals surface area contributed by atoms with Crippen LogP contribution in [0.15, 0.2) is 12.1 Å². The molecule has 0 amide bonds. The minimum absolute atomic E-state index is 0.245. The molecule has 0 saturated heterocycles. The van der Waals surface area contributed by atoms with E-state index in [4.69, 9.17) is 14.2 Å². The second kappa shape index (κ2) is 6.36. The molecule has 140 valence electrons. The number of hydrogen-bond donors (Lipinski definition) is 1. The Kier molecular flexibility index (Phi) is 3.96. The number of esters is 1. The highest BCUT2D eigenvalue weighted by molar-refractivity contribution is 7.23. The van der Waals surface area contributed by atoms with Gasteiger partial charge in [-0.15, -0.1) is 11.3 Å². The zero-order valence-corrected chi connectivity index (χ0v) is 16.5. The Morgan fingerprint density at radius 3 is 2.93 bits per heavy atom. The monoisotopic (exact) mass is 403 g/mol. The summed E-state index contributed by atoms with van der Waals surface area (Å²) < 4.78 is 16.9. The van der Waals surface area contributed by atoms with Gasteiger partial charge in [0.25, 0.3) is 0 Å². The molecule has 1 N–H and O–H groups in total. The summed E-state index contributed by atoms with van der Waals surface area (Å²) >= 11 is 3.12. The third-order valence-electron chi connectivity index (χ3n) is 4.74. The Hall–Kier alpha value is -2.36. The number of benzene rings is 1. The van der Waals surface area contributed by atoms with Gasteiger partial charge in [0.1, 0.15) is 5.00 Å². The van der Waals surface area contributed by atoms with E-state index < -0.39 is 0 Å². The largest absolute Gasteiger partial charge is 0.465 e. The van der Waals surface area contributed by atoms with Gasteiger partial charge < -0.3 is 24.4 Å². The van der Waals surface area contributed by atoms with Gasteiger partial charge in [-0.25, -0.2) is 9.78 Å². The summed E-state index contributed by atoms with van der Waals surface area (Å²) in [4.78, 5) is 20.5. The van der Waals surface area contributed by atoms with Crippen molar-refractivity contribution in [3.05, 3.63) is 28.1 Å². The second-order valence-corrected chi connectivity index (χ2v) is 8.64. The van der Waals surface area contributed by atoms with Crippen molar-refractivity contribution < 1.29 is 19.0 Å². The van der Waals surface area contributed by atoms with Crippen LogP contribution in [0.3, 0.4) is 0 Å². The summed E-state index contributed by atoms with van der Waals surface area (Å²) in [7, 11) is 3.51. The van der Waals surface area contributed by atoms with Gasteiger partial charge in [-0.3, -0.25) is 0 Å². The van der Waals surface area contributed by atoms with Crippen molar-refractivity contribution >= 4 is 49.0 Å². The van der Waals surface area contributed by atoms with E-state index >= 15 is 0 Å². The van der Waals surface area contributed by atoms with Crippen LogP contribution >= 0.6 is 22.7 Å². The van der Waals surface area contributed by atoms with Crippen LogP contribution in [0.4, 0.5) is 10.1 Å². The number of anilines is 2. The highest BCUT2D eigenvalue weighted by Crippen LogP contribution is 2.42. The first-order valence-corrected chi connectivity index (χ1v) is 10.1. The van der Waals surface area contributed by atoms with E-state index in [1.165, 1.54) is 23.3 Å². The SMILES string of the molecule is COC(=O)c1c(Nc2nc3cc4c(cc3s2)OCO4)sc2c1CCN(C)C2. The standard InChI is InChI=1S/C18H17N3O4S2/c1-21-4-3-9-14(7-21)26-16(15(9)17(22)23-2)20-18-19-10-5-11-12(25-8-24-11)6-13(10)27-18/h5-6H,3-4,7-8H2,1-2H3,(H,19,20). The third-order valence-corrected chi connectivity index (χ3v) is 6.81. The molecule has 0 fully saturated rings. The summed E-state index contributed by atoms with van der Waals surface area (Å²) in [6.45, 7) is 2.02. The van der Waals surface area contributed by atoms with Crippen LogP contribution in [-0.2, 0) is 17.7 Å². The average Bonchev–Trinajstić information content (AvgIpc) is 3.34. The van der Waals surface area contributed by atoms with E-state index in [0.29, 0.717) is 11.3 Å². The first-order valence-electron chi connectivity index (χ1n) is 8.51. The molecule has 0 unspecified atom stereocenters. The number of likely N-dealkylation sites (N-methyl/N-ethyl adjacent to an activating group) is 1. The molecule has 0 radical (unpaired) electrons. The summed E-state index contributed by atoms with van der Waals surface area (Å²) in [5, 5.41) is 4.87. The lowest BCUT2D eigenvalue weighted by Gasteiger charge is -2.22. The Bertz CT molecular complexity index is 1020. The van der Waals surface area contributed by atoms with Gasteiger partial charge in [0, 0.05) is 30.1 Å². The molecule has 2 aliphatic rings. The molecule has 0 spiro atoms. The number of carbonyl (C=O) groups is 1. The van der Waals surface area contributed by atoms with Gasteiger partial charge in [-0.05, 0) is 19.0 Å².